The molecule has 386 valence electrons. The minimum absolute atomic E-state index is 0.0619. The maximum absolute atomic E-state index is 12.9. The summed E-state index contributed by atoms with van der Waals surface area (Å²) in [5, 5.41) is 0. The first-order chi connectivity index (χ1) is 31.9. The summed E-state index contributed by atoms with van der Waals surface area (Å²) in [7, 11) is 0. The molecule has 0 amide bonds. The van der Waals surface area contributed by atoms with E-state index in [1.165, 1.54) is 231 Å². The van der Waals surface area contributed by atoms with Gasteiger partial charge in [0.05, 0.1) is 0 Å². The van der Waals surface area contributed by atoms with Gasteiger partial charge in [-0.15, -0.1) is 0 Å². The molecule has 0 fully saturated rings. The van der Waals surface area contributed by atoms with Crippen LogP contribution in [0.25, 0.3) is 0 Å². The van der Waals surface area contributed by atoms with Gasteiger partial charge in [0.15, 0.2) is 6.10 Å². The van der Waals surface area contributed by atoms with E-state index in [4.69, 9.17) is 14.2 Å². The number of ether oxygens (including phenoxy) is 3. The van der Waals surface area contributed by atoms with Crippen molar-refractivity contribution in [2.45, 2.75) is 342 Å². The van der Waals surface area contributed by atoms with Crippen molar-refractivity contribution in [3.05, 3.63) is 0 Å². The molecule has 0 rings (SSSR count). The Hall–Kier alpha value is -1.59. The summed E-state index contributed by atoms with van der Waals surface area (Å²) in [5.74, 6) is 0.0351. The number of carbonyl (C=O) groups excluding carboxylic acids is 3. The molecule has 0 aromatic heterocycles. The molecule has 0 aliphatic carbocycles. The van der Waals surface area contributed by atoms with Crippen LogP contribution in [0, 0.1) is 5.92 Å². The third-order valence-corrected chi connectivity index (χ3v) is 13.9. The van der Waals surface area contributed by atoms with Gasteiger partial charge in [-0.1, -0.05) is 297 Å². The lowest BCUT2D eigenvalue weighted by molar-refractivity contribution is -0.167. The van der Waals surface area contributed by atoms with Crippen LogP contribution in [0.4, 0.5) is 0 Å². The van der Waals surface area contributed by atoms with Gasteiger partial charge in [0.1, 0.15) is 13.2 Å². The molecule has 0 aliphatic rings. The van der Waals surface area contributed by atoms with Crippen molar-refractivity contribution in [3.8, 4) is 0 Å². The van der Waals surface area contributed by atoms with E-state index in [1.54, 1.807) is 0 Å². The van der Waals surface area contributed by atoms with Crippen molar-refractivity contribution in [2.75, 3.05) is 13.2 Å². The first-order valence-electron chi connectivity index (χ1n) is 29.4. The molecule has 6 nitrogen and oxygen atoms in total. The molecule has 0 N–H and O–H groups in total. The summed E-state index contributed by atoms with van der Waals surface area (Å²) in [6.07, 6.45) is 58.0. The highest BCUT2D eigenvalue weighted by Gasteiger charge is 2.19. The summed E-state index contributed by atoms with van der Waals surface area (Å²) < 4.78 is 16.9. The Morgan fingerprint density at radius 2 is 0.538 bits per heavy atom. The fourth-order valence-corrected chi connectivity index (χ4v) is 9.07. The van der Waals surface area contributed by atoms with Crippen molar-refractivity contribution >= 4 is 17.9 Å². The lowest BCUT2D eigenvalue weighted by atomic mass is 9.99. The SMILES string of the molecule is CCCCCCCCCCCCCCCCCCCC(=O)OC[C@H](COC(=O)CCCCCCCCCCCCC(C)CC)OC(=O)CCCCCCCCCCCCCCCCCC. The largest absolute Gasteiger partial charge is 0.462 e. The Kier molecular flexibility index (Phi) is 52.1. The molecule has 6 heteroatoms. The van der Waals surface area contributed by atoms with Crippen LogP contribution in [0.1, 0.15) is 336 Å². The molecular weight excluding hydrogens is 805 g/mol. The molecule has 0 saturated carbocycles. The van der Waals surface area contributed by atoms with Crippen LogP contribution in [0.3, 0.4) is 0 Å². The first kappa shape index (κ1) is 63.4. The first-order valence-corrected chi connectivity index (χ1v) is 29.4. The summed E-state index contributed by atoms with van der Waals surface area (Å²) >= 11 is 0. The Balaban J connectivity index is 4.30. The van der Waals surface area contributed by atoms with Crippen LogP contribution >= 0.6 is 0 Å². The summed E-state index contributed by atoms with van der Waals surface area (Å²) in [6.45, 7) is 9.08. The fourth-order valence-electron chi connectivity index (χ4n) is 9.07. The summed E-state index contributed by atoms with van der Waals surface area (Å²) in [6, 6.07) is 0. The lowest BCUT2D eigenvalue weighted by Gasteiger charge is -2.18. The second-order valence-corrected chi connectivity index (χ2v) is 20.5. The minimum Gasteiger partial charge on any atom is -0.462 e. The van der Waals surface area contributed by atoms with E-state index in [-0.39, 0.29) is 31.1 Å². The van der Waals surface area contributed by atoms with Crippen molar-refractivity contribution < 1.29 is 28.6 Å². The van der Waals surface area contributed by atoms with Crippen LogP contribution in [-0.2, 0) is 28.6 Å². The number of carbonyl (C=O) groups is 3. The Bertz CT molecular complexity index is 982. The minimum atomic E-state index is -0.762. The second kappa shape index (κ2) is 53.4. The zero-order valence-electron chi connectivity index (χ0n) is 44.5. The second-order valence-electron chi connectivity index (χ2n) is 20.5. The molecule has 0 heterocycles. The quantitative estimate of drug-likeness (QED) is 0.0344. The van der Waals surface area contributed by atoms with E-state index in [2.05, 4.69) is 27.7 Å². The number of unbranched alkanes of at least 4 members (excludes halogenated alkanes) is 40. The fraction of sp³-hybridized carbons (Fsp3) is 0.949. The molecule has 0 aromatic carbocycles. The van der Waals surface area contributed by atoms with Crippen molar-refractivity contribution in [1.29, 1.82) is 0 Å². The van der Waals surface area contributed by atoms with Crippen LogP contribution in [0.5, 0.6) is 0 Å². The van der Waals surface area contributed by atoms with Crippen molar-refractivity contribution in [2.24, 2.45) is 5.92 Å². The smallest absolute Gasteiger partial charge is 0.306 e. The van der Waals surface area contributed by atoms with Crippen LogP contribution in [-0.4, -0.2) is 37.2 Å². The maximum atomic E-state index is 12.9. The van der Waals surface area contributed by atoms with Crippen LogP contribution in [0.15, 0.2) is 0 Å². The Labute approximate surface area is 406 Å². The molecular formula is C59H114O6. The molecule has 1 unspecified atom stereocenters. The van der Waals surface area contributed by atoms with Gasteiger partial charge in [0.2, 0.25) is 0 Å². The normalized spacial score (nSPS) is 12.4. The Morgan fingerprint density at radius 1 is 0.308 bits per heavy atom. The molecule has 0 aliphatic heterocycles. The van der Waals surface area contributed by atoms with E-state index in [1.807, 2.05) is 0 Å². The molecule has 0 aromatic rings. The van der Waals surface area contributed by atoms with Crippen molar-refractivity contribution in [1.82, 2.24) is 0 Å². The average molecular weight is 920 g/mol. The third-order valence-electron chi connectivity index (χ3n) is 13.9. The molecule has 0 bridgehead atoms. The maximum Gasteiger partial charge on any atom is 0.306 e. The predicted molar refractivity (Wildman–Crippen MR) is 280 cm³/mol. The zero-order chi connectivity index (χ0) is 47.4. The number of hydrogen-bond donors (Lipinski definition) is 0. The molecule has 2 atom stereocenters. The summed E-state index contributed by atoms with van der Waals surface area (Å²) in [4.78, 5) is 38.2. The van der Waals surface area contributed by atoms with Crippen LogP contribution in [0.2, 0.25) is 0 Å². The zero-order valence-corrected chi connectivity index (χ0v) is 44.5. The van der Waals surface area contributed by atoms with Gasteiger partial charge in [-0.3, -0.25) is 14.4 Å². The van der Waals surface area contributed by atoms with Gasteiger partial charge < -0.3 is 14.2 Å². The van der Waals surface area contributed by atoms with Gasteiger partial charge in [-0.2, -0.15) is 0 Å². The van der Waals surface area contributed by atoms with E-state index in [0.717, 1.165) is 63.7 Å². The molecule has 0 radical (unpaired) electrons. The van der Waals surface area contributed by atoms with Crippen LogP contribution < -0.4 is 0 Å². The molecule has 0 saturated heterocycles. The van der Waals surface area contributed by atoms with Gasteiger partial charge in [-0.25, -0.2) is 0 Å². The van der Waals surface area contributed by atoms with E-state index >= 15 is 0 Å². The monoisotopic (exact) mass is 919 g/mol. The lowest BCUT2D eigenvalue weighted by Crippen LogP contribution is -2.30. The highest BCUT2D eigenvalue weighted by Crippen LogP contribution is 2.18. The molecule has 65 heavy (non-hydrogen) atoms. The molecule has 0 spiro atoms. The van der Waals surface area contributed by atoms with E-state index < -0.39 is 6.10 Å². The standard InChI is InChI=1S/C59H114O6/c1-5-8-10-12-14-16-18-20-22-24-26-27-29-34-38-42-46-50-57(60)63-53-56(54-64-58(61)51-47-43-39-35-32-31-33-37-41-45-49-55(4)7-3)65-59(62)52-48-44-40-36-30-28-25-23-21-19-17-15-13-11-9-6-2/h55-56H,5-54H2,1-4H3/t55?,56-/m1/s1. The van der Waals surface area contributed by atoms with Gasteiger partial charge >= 0.3 is 17.9 Å². The summed E-state index contributed by atoms with van der Waals surface area (Å²) in [5.41, 5.74) is 0. The number of esters is 3. The van der Waals surface area contributed by atoms with Gasteiger partial charge in [0.25, 0.3) is 0 Å². The number of rotatable bonds is 54. The topological polar surface area (TPSA) is 78.9 Å². The van der Waals surface area contributed by atoms with E-state index in [0.29, 0.717) is 19.3 Å². The number of hydrogen-bond acceptors (Lipinski definition) is 6. The highest BCUT2D eigenvalue weighted by atomic mass is 16.6. The third kappa shape index (κ3) is 51.6. The Morgan fingerprint density at radius 3 is 0.800 bits per heavy atom. The van der Waals surface area contributed by atoms with Gasteiger partial charge in [-0.05, 0) is 25.2 Å². The predicted octanol–water partition coefficient (Wildman–Crippen LogP) is 19.4. The van der Waals surface area contributed by atoms with Gasteiger partial charge in [0, 0.05) is 19.3 Å². The average Bonchev–Trinajstić information content (AvgIpc) is 3.30. The van der Waals surface area contributed by atoms with E-state index in [9.17, 15) is 14.4 Å². The highest BCUT2D eigenvalue weighted by molar-refractivity contribution is 5.71. The van der Waals surface area contributed by atoms with Crippen molar-refractivity contribution in [3.63, 3.8) is 0 Å².